The molecular formula is C13H18N2O4. The first kappa shape index (κ1) is 13.6. The van der Waals surface area contributed by atoms with Gasteiger partial charge in [-0.15, -0.1) is 0 Å². The second-order valence-electron chi connectivity index (χ2n) is 4.78. The van der Waals surface area contributed by atoms with Crippen LogP contribution in [0.15, 0.2) is 18.2 Å². The van der Waals surface area contributed by atoms with E-state index >= 15 is 0 Å². The Bertz CT molecular complexity index is 456. The molecule has 0 spiro atoms. The van der Waals surface area contributed by atoms with Crippen molar-refractivity contribution in [2.24, 2.45) is 5.73 Å². The minimum absolute atomic E-state index is 0.0261. The van der Waals surface area contributed by atoms with Crippen molar-refractivity contribution in [3.05, 3.63) is 28.3 Å². The van der Waals surface area contributed by atoms with E-state index in [-0.39, 0.29) is 17.8 Å². The average Bonchev–Trinajstić information content (AvgIpc) is 2.41. The minimum atomic E-state index is -0.452. The van der Waals surface area contributed by atoms with E-state index in [2.05, 4.69) is 0 Å². The molecule has 0 saturated heterocycles. The van der Waals surface area contributed by atoms with Crippen LogP contribution in [0.5, 0.6) is 11.5 Å². The molecule has 1 aromatic carbocycles. The number of ether oxygens (including phenoxy) is 2. The maximum atomic E-state index is 10.8. The highest BCUT2D eigenvalue weighted by molar-refractivity contribution is 5.46. The molecule has 1 aromatic rings. The Morgan fingerprint density at radius 2 is 1.84 bits per heavy atom. The number of nitrogens with zero attached hydrogens (tertiary/aromatic N) is 1. The van der Waals surface area contributed by atoms with E-state index in [1.807, 2.05) is 0 Å². The van der Waals surface area contributed by atoms with Crippen molar-refractivity contribution < 1.29 is 14.4 Å². The van der Waals surface area contributed by atoms with Crippen LogP contribution in [-0.4, -0.2) is 24.2 Å². The van der Waals surface area contributed by atoms with E-state index in [9.17, 15) is 10.1 Å². The van der Waals surface area contributed by atoms with Crippen molar-refractivity contribution in [3.63, 3.8) is 0 Å². The predicted octanol–water partition coefficient (Wildman–Crippen LogP) is 2.25. The van der Waals surface area contributed by atoms with Crippen LogP contribution in [0.1, 0.15) is 25.7 Å². The minimum Gasteiger partial charge on any atom is -0.496 e. The van der Waals surface area contributed by atoms with Crippen LogP contribution in [0.4, 0.5) is 5.69 Å². The number of benzene rings is 1. The maximum absolute atomic E-state index is 10.8. The van der Waals surface area contributed by atoms with Crippen molar-refractivity contribution in [3.8, 4) is 11.5 Å². The smallest absolute Gasteiger partial charge is 0.276 e. The van der Waals surface area contributed by atoms with Gasteiger partial charge in [0.1, 0.15) is 11.5 Å². The monoisotopic (exact) mass is 266 g/mol. The molecule has 1 fully saturated rings. The first-order valence-electron chi connectivity index (χ1n) is 6.34. The van der Waals surface area contributed by atoms with Crippen molar-refractivity contribution >= 4 is 5.69 Å². The first-order valence-corrected chi connectivity index (χ1v) is 6.34. The zero-order valence-corrected chi connectivity index (χ0v) is 10.9. The molecular weight excluding hydrogens is 248 g/mol. The lowest BCUT2D eigenvalue weighted by molar-refractivity contribution is -0.385. The third kappa shape index (κ3) is 3.57. The summed E-state index contributed by atoms with van der Waals surface area (Å²) >= 11 is 0. The van der Waals surface area contributed by atoms with Crippen LogP contribution < -0.4 is 15.2 Å². The highest BCUT2D eigenvalue weighted by Gasteiger charge is 2.21. The molecule has 6 heteroatoms. The zero-order valence-electron chi connectivity index (χ0n) is 10.9. The van der Waals surface area contributed by atoms with Gasteiger partial charge in [0.05, 0.1) is 30.3 Å². The van der Waals surface area contributed by atoms with Crippen LogP contribution in [0, 0.1) is 10.1 Å². The van der Waals surface area contributed by atoms with Crippen molar-refractivity contribution in [2.75, 3.05) is 7.11 Å². The molecule has 0 amide bonds. The molecule has 0 heterocycles. The molecule has 1 aliphatic rings. The Morgan fingerprint density at radius 1 is 1.21 bits per heavy atom. The van der Waals surface area contributed by atoms with Gasteiger partial charge in [0.2, 0.25) is 0 Å². The van der Waals surface area contributed by atoms with E-state index < -0.39 is 4.92 Å². The van der Waals surface area contributed by atoms with Crippen LogP contribution in [0.2, 0.25) is 0 Å². The fourth-order valence-electron chi connectivity index (χ4n) is 2.25. The molecule has 104 valence electrons. The molecule has 1 saturated carbocycles. The molecule has 1 aliphatic carbocycles. The molecule has 19 heavy (non-hydrogen) atoms. The highest BCUT2D eigenvalue weighted by Crippen LogP contribution is 2.30. The van der Waals surface area contributed by atoms with Crippen LogP contribution in [-0.2, 0) is 0 Å². The van der Waals surface area contributed by atoms with Crippen LogP contribution >= 0.6 is 0 Å². The number of rotatable bonds is 4. The first-order chi connectivity index (χ1) is 9.08. The lowest BCUT2D eigenvalue weighted by atomic mass is 9.94. The van der Waals surface area contributed by atoms with Crippen molar-refractivity contribution in [1.82, 2.24) is 0 Å². The average molecular weight is 266 g/mol. The fraction of sp³-hybridized carbons (Fsp3) is 0.538. The van der Waals surface area contributed by atoms with Gasteiger partial charge >= 0.3 is 0 Å². The van der Waals surface area contributed by atoms with E-state index in [1.54, 1.807) is 6.07 Å². The molecule has 0 atom stereocenters. The second kappa shape index (κ2) is 5.88. The van der Waals surface area contributed by atoms with Gasteiger partial charge in [-0.1, -0.05) is 0 Å². The molecule has 2 rings (SSSR count). The Balaban J connectivity index is 2.10. The fourth-order valence-corrected chi connectivity index (χ4v) is 2.25. The third-order valence-corrected chi connectivity index (χ3v) is 3.33. The van der Waals surface area contributed by atoms with Crippen LogP contribution in [0.25, 0.3) is 0 Å². The molecule has 0 unspecified atom stereocenters. The second-order valence-corrected chi connectivity index (χ2v) is 4.78. The van der Waals surface area contributed by atoms with Gasteiger partial charge in [0.25, 0.3) is 5.69 Å². The number of non-ortho nitro benzene ring substituents is 1. The Labute approximate surface area is 111 Å². The highest BCUT2D eigenvalue weighted by atomic mass is 16.6. The summed E-state index contributed by atoms with van der Waals surface area (Å²) in [7, 11) is 1.47. The zero-order chi connectivity index (χ0) is 13.8. The van der Waals surface area contributed by atoms with Crippen molar-refractivity contribution in [2.45, 2.75) is 37.8 Å². The number of nitrogens with two attached hydrogens (primary N) is 1. The number of methoxy groups -OCH3 is 1. The molecule has 0 aromatic heterocycles. The van der Waals surface area contributed by atoms with Gasteiger partial charge in [-0.3, -0.25) is 10.1 Å². The SMILES string of the molecule is COc1cc(OC2CCC(N)CC2)cc([N+](=O)[O-])c1. The number of hydrogen-bond acceptors (Lipinski definition) is 5. The summed E-state index contributed by atoms with van der Waals surface area (Å²) in [5.74, 6) is 0.906. The Morgan fingerprint density at radius 3 is 2.42 bits per heavy atom. The molecule has 0 radical (unpaired) electrons. The molecule has 0 aliphatic heterocycles. The van der Waals surface area contributed by atoms with E-state index in [0.29, 0.717) is 11.5 Å². The largest absolute Gasteiger partial charge is 0.496 e. The standard InChI is InChI=1S/C13H18N2O4/c1-18-12-6-10(15(16)17)7-13(8-12)19-11-4-2-9(14)3-5-11/h6-9,11H,2-5,14H2,1H3. The van der Waals surface area contributed by atoms with E-state index in [1.165, 1.54) is 19.2 Å². The van der Waals surface area contributed by atoms with E-state index in [0.717, 1.165) is 25.7 Å². The number of nitro groups is 1. The summed E-state index contributed by atoms with van der Waals surface area (Å²) in [6, 6.07) is 4.72. The molecule has 2 N–H and O–H groups in total. The quantitative estimate of drug-likeness (QED) is 0.667. The normalized spacial score (nSPS) is 22.8. The summed E-state index contributed by atoms with van der Waals surface area (Å²) in [5, 5.41) is 10.8. The lowest BCUT2D eigenvalue weighted by Gasteiger charge is -2.26. The van der Waals surface area contributed by atoms with Gasteiger partial charge < -0.3 is 15.2 Å². The van der Waals surface area contributed by atoms with Gasteiger partial charge in [0.15, 0.2) is 0 Å². The summed E-state index contributed by atoms with van der Waals surface area (Å²) < 4.78 is 10.8. The summed E-state index contributed by atoms with van der Waals surface area (Å²) in [6.45, 7) is 0. The van der Waals surface area contributed by atoms with Gasteiger partial charge in [-0.05, 0) is 25.7 Å². The maximum Gasteiger partial charge on any atom is 0.276 e. The Hall–Kier alpha value is -1.82. The van der Waals surface area contributed by atoms with Gasteiger partial charge in [-0.2, -0.15) is 0 Å². The van der Waals surface area contributed by atoms with Crippen LogP contribution in [0.3, 0.4) is 0 Å². The van der Waals surface area contributed by atoms with Crippen molar-refractivity contribution in [1.29, 1.82) is 0 Å². The molecule has 6 nitrogen and oxygen atoms in total. The summed E-state index contributed by atoms with van der Waals surface area (Å²) in [6.07, 6.45) is 3.69. The lowest BCUT2D eigenvalue weighted by Crippen LogP contribution is -2.31. The predicted molar refractivity (Wildman–Crippen MR) is 70.5 cm³/mol. The van der Waals surface area contributed by atoms with Gasteiger partial charge in [-0.25, -0.2) is 0 Å². The number of nitro benzene ring substituents is 1. The third-order valence-electron chi connectivity index (χ3n) is 3.33. The summed E-state index contributed by atoms with van der Waals surface area (Å²) in [4.78, 5) is 10.4. The summed E-state index contributed by atoms with van der Waals surface area (Å²) in [5.41, 5.74) is 5.81. The topological polar surface area (TPSA) is 87.6 Å². The molecule has 0 bridgehead atoms. The Kier molecular flexibility index (Phi) is 4.21. The van der Waals surface area contributed by atoms with E-state index in [4.69, 9.17) is 15.2 Å². The van der Waals surface area contributed by atoms with Gasteiger partial charge in [0, 0.05) is 12.1 Å². The number of hydrogen-bond donors (Lipinski definition) is 1.